The molecule has 1 aromatic heterocycles. The van der Waals surface area contributed by atoms with E-state index in [0.29, 0.717) is 29.5 Å². The third-order valence-electron chi connectivity index (χ3n) is 5.53. The molecule has 29 heavy (non-hydrogen) atoms. The van der Waals surface area contributed by atoms with Crippen LogP contribution in [0.5, 0.6) is 17.2 Å². The zero-order valence-electron chi connectivity index (χ0n) is 16.2. The summed E-state index contributed by atoms with van der Waals surface area (Å²) in [6, 6.07) is 10.9. The molecule has 2 aromatic carbocycles. The van der Waals surface area contributed by atoms with Gasteiger partial charge in [0.1, 0.15) is 11.5 Å². The van der Waals surface area contributed by atoms with E-state index in [1.807, 2.05) is 24.4 Å². The van der Waals surface area contributed by atoms with Gasteiger partial charge in [-0.2, -0.15) is 5.10 Å². The van der Waals surface area contributed by atoms with Crippen LogP contribution in [0.25, 0.3) is 5.69 Å². The number of rotatable bonds is 5. The SMILES string of the molecule is COc1cc(CN[C@H]2CCCc3c2cnn3-c2ccccc2F)cc2c1OCO2. The smallest absolute Gasteiger partial charge is 0.231 e. The lowest BCUT2D eigenvalue weighted by molar-refractivity contribution is 0.171. The molecule has 0 fully saturated rings. The lowest BCUT2D eigenvalue weighted by Crippen LogP contribution is -2.25. The normalized spacial score (nSPS) is 17.2. The highest BCUT2D eigenvalue weighted by Crippen LogP contribution is 2.42. The summed E-state index contributed by atoms with van der Waals surface area (Å²) in [5.74, 6) is 1.77. The molecule has 2 heterocycles. The average Bonchev–Trinajstić information content (AvgIpc) is 3.39. The predicted octanol–water partition coefficient (Wildman–Crippen LogP) is 3.92. The highest BCUT2D eigenvalue weighted by Gasteiger charge is 2.26. The molecule has 0 bridgehead atoms. The van der Waals surface area contributed by atoms with Crippen LogP contribution in [0.15, 0.2) is 42.6 Å². The maximum Gasteiger partial charge on any atom is 0.231 e. The number of halogens is 1. The number of nitrogens with one attached hydrogen (secondary N) is 1. The molecule has 7 heteroatoms. The van der Waals surface area contributed by atoms with Crippen molar-refractivity contribution in [2.75, 3.05) is 13.9 Å². The van der Waals surface area contributed by atoms with Gasteiger partial charge in [0, 0.05) is 23.8 Å². The predicted molar refractivity (Wildman–Crippen MR) is 105 cm³/mol. The Bertz CT molecular complexity index is 1050. The van der Waals surface area contributed by atoms with Gasteiger partial charge in [0.05, 0.1) is 13.3 Å². The molecule has 0 saturated heterocycles. The number of ether oxygens (including phenoxy) is 3. The standard InChI is InChI=1S/C22H22FN3O3/c1-27-20-9-14(10-21-22(20)29-13-28-21)11-24-17-6-4-8-18-15(17)12-25-26(18)19-7-3-2-5-16(19)23/h2-3,5,7,9-10,12,17,24H,4,6,8,11,13H2,1H3/t17-/m0/s1. The zero-order valence-corrected chi connectivity index (χ0v) is 16.2. The van der Waals surface area contributed by atoms with Gasteiger partial charge < -0.3 is 19.5 Å². The second-order valence-corrected chi connectivity index (χ2v) is 7.27. The third kappa shape index (κ3) is 3.21. The van der Waals surface area contributed by atoms with E-state index in [4.69, 9.17) is 14.2 Å². The van der Waals surface area contributed by atoms with E-state index in [0.717, 1.165) is 36.1 Å². The lowest BCUT2D eigenvalue weighted by atomic mass is 9.92. The van der Waals surface area contributed by atoms with Crippen LogP contribution in [0, 0.1) is 5.82 Å². The van der Waals surface area contributed by atoms with Crippen LogP contribution in [-0.2, 0) is 13.0 Å². The second kappa shape index (κ2) is 7.40. The first kappa shape index (κ1) is 18.0. The number of fused-ring (bicyclic) bond motifs is 2. The Kier molecular flexibility index (Phi) is 4.60. The Labute approximate surface area is 168 Å². The molecule has 0 radical (unpaired) electrons. The first-order valence-electron chi connectivity index (χ1n) is 9.76. The van der Waals surface area contributed by atoms with Crippen LogP contribution in [0.3, 0.4) is 0 Å². The number of hydrogen-bond donors (Lipinski definition) is 1. The van der Waals surface area contributed by atoms with Gasteiger partial charge in [-0.25, -0.2) is 9.07 Å². The van der Waals surface area contributed by atoms with Gasteiger partial charge in [-0.15, -0.1) is 0 Å². The molecule has 0 unspecified atom stereocenters. The average molecular weight is 395 g/mol. The van der Waals surface area contributed by atoms with Gasteiger partial charge in [0.25, 0.3) is 0 Å². The van der Waals surface area contributed by atoms with Crippen LogP contribution in [0.2, 0.25) is 0 Å². The number of hydrogen-bond acceptors (Lipinski definition) is 5. The minimum Gasteiger partial charge on any atom is -0.493 e. The number of aromatic nitrogens is 2. The monoisotopic (exact) mass is 395 g/mol. The van der Waals surface area contributed by atoms with E-state index in [1.165, 1.54) is 6.07 Å². The van der Waals surface area contributed by atoms with E-state index >= 15 is 0 Å². The summed E-state index contributed by atoms with van der Waals surface area (Å²) in [6.45, 7) is 0.867. The Balaban J connectivity index is 1.38. The van der Waals surface area contributed by atoms with Crippen LogP contribution in [0.4, 0.5) is 4.39 Å². The molecule has 1 N–H and O–H groups in total. The molecule has 150 valence electrons. The molecule has 5 rings (SSSR count). The van der Waals surface area contributed by atoms with E-state index in [2.05, 4.69) is 10.4 Å². The van der Waals surface area contributed by atoms with E-state index < -0.39 is 0 Å². The summed E-state index contributed by atoms with van der Waals surface area (Å²) in [6.07, 6.45) is 4.78. The topological polar surface area (TPSA) is 57.5 Å². The summed E-state index contributed by atoms with van der Waals surface area (Å²) in [7, 11) is 1.62. The number of benzene rings is 2. The van der Waals surface area contributed by atoms with Crippen molar-refractivity contribution in [2.24, 2.45) is 0 Å². The molecule has 1 atom stereocenters. The quantitative estimate of drug-likeness (QED) is 0.710. The maximum atomic E-state index is 14.3. The summed E-state index contributed by atoms with van der Waals surface area (Å²) >= 11 is 0. The van der Waals surface area contributed by atoms with Gasteiger partial charge in [0.2, 0.25) is 12.5 Å². The van der Waals surface area contributed by atoms with Crippen molar-refractivity contribution < 1.29 is 18.6 Å². The van der Waals surface area contributed by atoms with E-state index in [1.54, 1.807) is 23.9 Å². The lowest BCUT2D eigenvalue weighted by Gasteiger charge is -2.24. The fraction of sp³-hybridized carbons (Fsp3) is 0.318. The van der Waals surface area contributed by atoms with Crippen molar-refractivity contribution in [2.45, 2.75) is 31.8 Å². The zero-order chi connectivity index (χ0) is 19.8. The molecule has 0 amide bonds. The highest BCUT2D eigenvalue weighted by molar-refractivity contribution is 5.55. The number of nitrogens with zero attached hydrogens (tertiary/aromatic N) is 2. The van der Waals surface area contributed by atoms with Crippen molar-refractivity contribution in [3.63, 3.8) is 0 Å². The molecule has 3 aromatic rings. The van der Waals surface area contributed by atoms with Crippen molar-refractivity contribution in [1.29, 1.82) is 0 Å². The van der Waals surface area contributed by atoms with Crippen molar-refractivity contribution in [1.82, 2.24) is 15.1 Å². The van der Waals surface area contributed by atoms with Gasteiger partial charge in [-0.3, -0.25) is 0 Å². The van der Waals surface area contributed by atoms with Crippen LogP contribution >= 0.6 is 0 Å². The maximum absolute atomic E-state index is 14.3. The molecule has 2 aliphatic rings. The third-order valence-corrected chi connectivity index (χ3v) is 5.53. The summed E-state index contributed by atoms with van der Waals surface area (Å²) in [4.78, 5) is 0. The minimum absolute atomic E-state index is 0.163. The fourth-order valence-electron chi connectivity index (χ4n) is 4.13. The molecule has 6 nitrogen and oxygen atoms in total. The van der Waals surface area contributed by atoms with Crippen LogP contribution in [0.1, 0.15) is 35.7 Å². The van der Waals surface area contributed by atoms with Gasteiger partial charge in [-0.05, 0) is 49.1 Å². The van der Waals surface area contributed by atoms with Gasteiger partial charge >= 0.3 is 0 Å². The Morgan fingerprint density at radius 3 is 3.03 bits per heavy atom. The minimum atomic E-state index is -0.263. The van der Waals surface area contributed by atoms with Crippen molar-refractivity contribution in [3.8, 4) is 22.9 Å². The van der Waals surface area contributed by atoms with Crippen LogP contribution < -0.4 is 19.5 Å². The molecular formula is C22H22FN3O3. The van der Waals surface area contributed by atoms with Gasteiger partial charge in [-0.1, -0.05) is 12.1 Å². The summed E-state index contributed by atoms with van der Waals surface area (Å²) in [5.41, 5.74) is 3.75. The van der Waals surface area contributed by atoms with Crippen molar-refractivity contribution in [3.05, 3.63) is 65.2 Å². The first-order valence-corrected chi connectivity index (χ1v) is 9.76. The molecule has 1 aliphatic carbocycles. The largest absolute Gasteiger partial charge is 0.493 e. The molecule has 1 aliphatic heterocycles. The molecule has 0 saturated carbocycles. The summed E-state index contributed by atoms with van der Waals surface area (Å²) in [5, 5.41) is 8.11. The molecule has 0 spiro atoms. The Morgan fingerprint density at radius 2 is 2.17 bits per heavy atom. The van der Waals surface area contributed by atoms with E-state index in [-0.39, 0.29) is 18.7 Å². The first-order chi connectivity index (χ1) is 14.2. The van der Waals surface area contributed by atoms with Crippen molar-refractivity contribution >= 4 is 0 Å². The van der Waals surface area contributed by atoms with E-state index in [9.17, 15) is 4.39 Å². The fourth-order valence-corrected chi connectivity index (χ4v) is 4.13. The van der Waals surface area contributed by atoms with Crippen LogP contribution in [-0.4, -0.2) is 23.7 Å². The Hall–Kier alpha value is -3.06. The number of para-hydroxylation sites is 1. The second-order valence-electron chi connectivity index (χ2n) is 7.27. The van der Waals surface area contributed by atoms with Gasteiger partial charge in [0.15, 0.2) is 11.5 Å². The molecular weight excluding hydrogens is 373 g/mol. The Morgan fingerprint density at radius 1 is 1.28 bits per heavy atom. The summed E-state index contributed by atoms with van der Waals surface area (Å²) < 4.78 is 32.4. The highest BCUT2D eigenvalue weighted by atomic mass is 19.1. The number of methoxy groups -OCH3 is 1.